The number of nitriles is 2. The number of carbonyl (C=O) groups is 1. The minimum Gasteiger partial charge on any atom is -0.465 e. The number of nitrogens with one attached hydrogen (secondary N) is 1. The number of anilines is 1. The summed E-state index contributed by atoms with van der Waals surface area (Å²) in [6.45, 7) is 2.20. The topological polar surface area (TPSA) is 133 Å². The number of rotatable bonds is 4. The van der Waals surface area contributed by atoms with E-state index in [1.807, 2.05) is 13.0 Å². The van der Waals surface area contributed by atoms with Gasteiger partial charge in [-0.1, -0.05) is 18.5 Å². The van der Waals surface area contributed by atoms with Crippen molar-refractivity contribution in [1.82, 2.24) is 10.3 Å². The molecule has 0 saturated carbocycles. The molecule has 1 unspecified atom stereocenters. The molecule has 1 atom stereocenters. The molecule has 0 aliphatic carbocycles. The van der Waals surface area contributed by atoms with E-state index in [0.29, 0.717) is 30.8 Å². The monoisotopic (exact) mass is 349 g/mol. The molecule has 8 nitrogen and oxygen atoms in total. The predicted octanol–water partition coefficient (Wildman–Crippen LogP) is 1.25. The highest BCUT2D eigenvalue weighted by molar-refractivity contribution is 6.30. The van der Waals surface area contributed by atoms with Gasteiger partial charge in [-0.25, -0.2) is 9.78 Å². The summed E-state index contributed by atoms with van der Waals surface area (Å²) in [6.07, 6.45) is -0.453. The van der Waals surface area contributed by atoms with Crippen molar-refractivity contribution in [3.63, 3.8) is 0 Å². The van der Waals surface area contributed by atoms with Crippen LogP contribution in [0.5, 0.6) is 0 Å². The zero-order valence-corrected chi connectivity index (χ0v) is 13.8. The van der Waals surface area contributed by atoms with Crippen molar-refractivity contribution < 1.29 is 15.0 Å². The molecule has 0 spiro atoms. The second-order valence-corrected chi connectivity index (χ2v) is 5.94. The quantitative estimate of drug-likeness (QED) is 0.696. The second-order valence-electron chi connectivity index (χ2n) is 5.59. The van der Waals surface area contributed by atoms with Crippen LogP contribution in [0.1, 0.15) is 30.0 Å². The van der Waals surface area contributed by atoms with Crippen LogP contribution in [0.15, 0.2) is 0 Å². The van der Waals surface area contributed by atoms with E-state index >= 15 is 0 Å². The van der Waals surface area contributed by atoms with Gasteiger partial charge in [-0.2, -0.15) is 10.5 Å². The number of aromatic nitrogens is 1. The molecule has 1 aliphatic rings. The Bertz CT molecular complexity index is 755. The second kappa shape index (κ2) is 6.91. The molecule has 2 rings (SSSR count). The first-order valence-electron chi connectivity index (χ1n) is 7.32. The Morgan fingerprint density at radius 2 is 2.12 bits per heavy atom. The van der Waals surface area contributed by atoms with E-state index in [-0.39, 0.29) is 29.4 Å². The number of hydrogen-bond donors (Lipinski definition) is 3. The van der Waals surface area contributed by atoms with Crippen LogP contribution in [0.25, 0.3) is 0 Å². The Labute approximate surface area is 143 Å². The summed E-state index contributed by atoms with van der Waals surface area (Å²) < 4.78 is 0. The van der Waals surface area contributed by atoms with E-state index in [2.05, 4.69) is 16.4 Å². The van der Waals surface area contributed by atoms with Crippen LogP contribution in [0.2, 0.25) is 5.15 Å². The third-order valence-corrected chi connectivity index (χ3v) is 4.29. The molecule has 9 heteroatoms. The van der Waals surface area contributed by atoms with E-state index in [4.69, 9.17) is 16.7 Å². The zero-order chi connectivity index (χ0) is 17.9. The van der Waals surface area contributed by atoms with Crippen molar-refractivity contribution >= 4 is 23.5 Å². The molecule has 0 aromatic carbocycles. The first kappa shape index (κ1) is 17.8. The van der Waals surface area contributed by atoms with Crippen LogP contribution >= 0.6 is 11.6 Å². The summed E-state index contributed by atoms with van der Waals surface area (Å²) in [7, 11) is 0. The summed E-state index contributed by atoms with van der Waals surface area (Å²) >= 11 is 6.07. The molecule has 1 amide bonds. The van der Waals surface area contributed by atoms with Gasteiger partial charge in [-0.3, -0.25) is 0 Å². The van der Waals surface area contributed by atoms with E-state index in [0.717, 1.165) is 0 Å². The van der Waals surface area contributed by atoms with Gasteiger partial charge in [0.15, 0.2) is 0 Å². The first-order chi connectivity index (χ1) is 11.3. The van der Waals surface area contributed by atoms with Crippen molar-refractivity contribution in [2.24, 2.45) is 0 Å². The van der Waals surface area contributed by atoms with Gasteiger partial charge in [0, 0.05) is 13.1 Å². The maximum atomic E-state index is 10.6. The molecule has 1 aliphatic heterocycles. The largest absolute Gasteiger partial charge is 0.465 e. The molecule has 1 saturated heterocycles. The number of hydrogen-bond acceptors (Lipinski definition) is 6. The SMILES string of the molecule is CCc1c(C#N)c(Cl)nc(N2CCC(O)(CNC(=O)O)C2)c1C#N. The van der Waals surface area contributed by atoms with E-state index in [1.165, 1.54) is 0 Å². The van der Waals surface area contributed by atoms with Gasteiger partial charge in [-0.05, 0) is 18.4 Å². The molecule has 0 radical (unpaired) electrons. The number of β-amino-alcohol motifs (C(OH)–C–C–N with tert-alkyl or cyclic N) is 1. The van der Waals surface area contributed by atoms with Crippen LogP contribution in [-0.2, 0) is 6.42 Å². The van der Waals surface area contributed by atoms with E-state index < -0.39 is 11.7 Å². The Kier molecular flexibility index (Phi) is 5.13. The lowest BCUT2D eigenvalue weighted by Crippen LogP contribution is -2.44. The third kappa shape index (κ3) is 3.35. The summed E-state index contributed by atoms with van der Waals surface area (Å²) in [5.41, 5.74) is -0.288. The van der Waals surface area contributed by atoms with Crippen LogP contribution in [0.4, 0.5) is 10.6 Å². The summed E-state index contributed by atoms with van der Waals surface area (Å²) in [6, 6.07) is 4.03. The minimum atomic E-state index is -1.25. The number of carboxylic acid groups (broad SMARTS) is 1. The predicted molar refractivity (Wildman–Crippen MR) is 85.9 cm³/mol. The van der Waals surface area contributed by atoms with Crippen molar-refractivity contribution in [3.8, 4) is 12.1 Å². The number of aliphatic hydroxyl groups is 1. The molecule has 1 aromatic rings. The zero-order valence-electron chi connectivity index (χ0n) is 13.0. The molecule has 126 valence electrons. The molecule has 0 bridgehead atoms. The Balaban J connectivity index is 2.37. The lowest BCUT2D eigenvalue weighted by atomic mass is 10.0. The van der Waals surface area contributed by atoms with Crippen molar-refractivity contribution in [1.29, 1.82) is 10.5 Å². The van der Waals surface area contributed by atoms with Gasteiger partial charge in [0.1, 0.15) is 28.7 Å². The Hall–Kier alpha value is -2.55. The maximum Gasteiger partial charge on any atom is 0.404 e. The van der Waals surface area contributed by atoms with Crippen molar-refractivity contribution in [3.05, 3.63) is 21.8 Å². The first-order valence-corrected chi connectivity index (χ1v) is 7.69. The normalized spacial score (nSPS) is 19.6. The van der Waals surface area contributed by atoms with Crippen LogP contribution < -0.4 is 10.2 Å². The standard InChI is InChI=1S/C15H16ClN5O3/c1-2-9-10(5-17)12(16)20-13(11(9)6-18)21-4-3-15(24,8-21)7-19-14(22)23/h19,24H,2-4,7-8H2,1H3,(H,22,23). The molecule has 2 heterocycles. The van der Waals surface area contributed by atoms with Crippen LogP contribution in [-0.4, -0.2) is 46.5 Å². The highest BCUT2D eigenvalue weighted by Gasteiger charge is 2.38. The molecular weight excluding hydrogens is 334 g/mol. The fourth-order valence-electron chi connectivity index (χ4n) is 2.82. The van der Waals surface area contributed by atoms with Gasteiger partial charge >= 0.3 is 6.09 Å². The average Bonchev–Trinajstić information content (AvgIpc) is 2.94. The van der Waals surface area contributed by atoms with Crippen LogP contribution in [0.3, 0.4) is 0 Å². The van der Waals surface area contributed by atoms with E-state index in [9.17, 15) is 20.4 Å². The van der Waals surface area contributed by atoms with Gasteiger partial charge in [0.25, 0.3) is 0 Å². The number of amides is 1. The summed E-state index contributed by atoms with van der Waals surface area (Å²) in [5, 5.41) is 40.0. The fraction of sp³-hybridized carbons (Fsp3) is 0.467. The number of pyridine rings is 1. The Morgan fingerprint density at radius 1 is 1.46 bits per heavy atom. The van der Waals surface area contributed by atoms with Gasteiger partial charge in [0.05, 0.1) is 17.7 Å². The lowest BCUT2D eigenvalue weighted by Gasteiger charge is -2.25. The Morgan fingerprint density at radius 3 is 2.67 bits per heavy atom. The highest BCUT2D eigenvalue weighted by atomic mass is 35.5. The molecule has 1 fully saturated rings. The number of halogens is 1. The average molecular weight is 350 g/mol. The molecule has 1 aromatic heterocycles. The highest BCUT2D eigenvalue weighted by Crippen LogP contribution is 2.33. The van der Waals surface area contributed by atoms with Gasteiger partial charge in [-0.15, -0.1) is 0 Å². The smallest absolute Gasteiger partial charge is 0.404 e. The van der Waals surface area contributed by atoms with E-state index in [1.54, 1.807) is 4.90 Å². The number of nitrogens with zero attached hydrogens (tertiary/aromatic N) is 4. The summed E-state index contributed by atoms with van der Waals surface area (Å²) in [4.78, 5) is 16.5. The maximum absolute atomic E-state index is 10.6. The minimum absolute atomic E-state index is 0.0162. The fourth-order valence-corrected chi connectivity index (χ4v) is 3.06. The lowest BCUT2D eigenvalue weighted by molar-refractivity contribution is 0.0624. The summed E-state index contributed by atoms with van der Waals surface area (Å²) in [5.74, 6) is 0.310. The molecule has 3 N–H and O–H groups in total. The van der Waals surface area contributed by atoms with Gasteiger partial charge in [0.2, 0.25) is 0 Å². The molecular formula is C15H16ClN5O3. The van der Waals surface area contributed by atoms with Crippen molar-refractivity contribution in [2.75, 3.05) is 24.5 Å². The molecule has 24 heavy (non-hydrogen) atoms. The van der Waals surface area contributed by atoms with Crippen LogP contribution in [0, 0.1) is 22.7 Å². The third-order valence-electron chi connectivity index (χ3n) is 4.02. The van der Waals surface area contributed by atoms with Gasteiger partial charge < -0.3 is 20.4 Å². The van der Waals surface area contributed by atoms with Crippen molar-refractivity contribution in [2.45, 2.75) is 25.4 Å².